The number of nitrogens with one attached hydrogen (secondary N) is 3. The van der Waals surface area contributed by atoms with Crippen molar-refractivity contribution in [2.75, 3.05) is 39.1 Å². The van der Waals surface area contributed by atoms with Crippen LogP contribution in [0.1, 0.15) is 42.7 Å². The van der Waals surface area contributed by atoms with Crippen molar-refractivity contribution in [3.63, 3.8) is 0 Å². The number of hydrogen-bond acceptors (Lipinski definition) is 7. The molecule has 1 saturated carbocycles. The maximum absolute atomic E-state index is 15.4. The summed E-state index contributed by atoms with van der Waals surface area (Å²) in [6.45, 7) is 5.15. The molecular formula is C25H33FN6O4S. The van der Waals surface area contributed by atoms with Crippen LogP contribution in [-0.2, 0) is 15.6 Å². The summed E-state index contributed by atoms with van der Waals surface area (Å²) < 4.78 is 48.5. The Balaban J connectivity index is 1.68. The molecule has 37 heavy (non-hydrogen) atoms. The van der Waals surface area contributed by atoms with Gasteiger partial charge in [0.05, 0.1) is 18.8 Å². The van der Waals surface area contributed by atoms with E-state index in [9.17, 15) is 13.2 Å². The Bertz CT molecular complexity index is 1280. The Labute approximate surface area is 216 Å². The number of pyridine rings is 1. The molecule has 4 rings (SSSR count). The van der Waals surface area contributed by atoms with Gasteiger partial charge in [-0.05, 0) is 62.6 Å². The molecule has 1 aliphatic carbocycles. The van der Waals surface area contributed by atoms with Gasteiger partial charge in [0.2, 0.25) is 16.0 Å². The van der Waals surface area contributed by atoms with E-state index in [0.29, 0.717) is 18.2 Å². The molecule has 3 N–H and O–H groups in total. The summed E-state index contributed by atoms with van der Waals surface area (Å²) in [4.78, 5) is 18.9. The summed E-state index contributed by atoms with van der Waals surface area (Å²) in [5.41, 5.74) is -1.02. The zero-order valence-electron chi connectivity index (χ0n) is 21.4. The molecule has 0 bridgehead atoms. The fraction of sp³-hybridized carbons (Fsp3) is 0.480. The Morgan fingerprint density at radius 1 is 1.32 bits per heavy atom. The van der Waals surface area contributed by atoms with Crippen LogP contribution >= 0.6 is 0 Å². The third-order valence-corrected chi connectivity index (χ3v) is 9.44. The van der Waals surface area contributed by atoms with E-state index in [4.69, 9.17) is 10.1 Å². The molecule has 1 amide bonds. The summed E-state index contributed by atoms with van der Waals surface area (Å²) >= 11 is 0. The van der Waals surface area contributed by atoms with E-state index >= 15 is 4.39 Å². The first-order valence-electron chi connectivity index (χ1n) is 12.2. The first-order valence-corrected chi connectivity index (χ1v) is 13.7. The average molecular weight is 533 g/mol. The second-order valence-electron chi connectivity index (χ2n) is 9.70. The van der Waals surface area contributed by atoms with Crippen molar-refractivity contribution in [3.8, 4) is 5.75 Å². The Morgan fingerprint density at radius 3 is 2.65 bits per heavy atom. The number of benzene rings is 1. The second-order valence-corrected chi connectivity index (χ2v) is 11.9. The monoisotopic (exact) mass is 532 g/mol. The number of carbonyl (C=O) groups is 1. The molecule has 200 valence electrons. The normalized spacial score (nSPS) is 23.0. The molecule has 12 heteroatoms. The fourth-order valence-corrected chi connectivity index (χ4v) is 6.47. The Morgan fingerprint density at radius 2 is 2.05 bits per heavy atom. The summed E-state index contributed by atoms with van der Waals surface area (Å²) in [5.74, 6) is -0.457. The van der Waals surface area contributed by atoms with E-state index < -0.39 is 32.5 Å². The largest absolute Gasteiger partial charge is 0.495 e. The predicted molar refractivity (Wildman–Crippen MR) is 139 cm³/mol. The number of ether oxygens (including phenoxy) is 1. The van der Waals surface area contributed by atoms with E-state index in [0.717, 1.165) is 23.7 Å². The van der Waals surface area contributed by atoms with Crippen LogP contribution in [0.3, 0.4) is 0 Å². The van der Waals surface area contributed by atoms with Crippen LogP contribution in [0, 0.1) is 17.1 Å². The number of hydrogen-bond donors (Lipinski definition) is 3. The third kappa shape index (κ3) is 5.40. The number of nitrogens with zero attached hydrogens (tertiary/aromatic N) is 3. The number of aromatic nitrogens is 1. The van der Waals surface area contributed by atoms with E-state index in [1.54, 1.807) is 13.0 Å². The highest BCUT2D eigenvalue weighted by Crippen LogP contribution is 2.38. The van der Waals surface area contributed by atoms with Crippen LogP contribution in [0.15, 0.2) is 36.5 Å². The summed E-state index contributed by atoms with van der Waals surface area (Å²) in [6, 6.07) is 7.11. The molecule has 10 nitrogen and oxygen atoms in total. The zero-order chi connectivity index (χ0) is 27.0. The smallest absolute Gasteiger partial charge is 0.274 e. The molecule has 1 aromatic carbocycles. The van der Waals surface area contributed by atoms with Crippen LogP contribution in [0.25, 0.3) is 0 Å². The lowest BCUT2D eigenvalue weighted by molar-refractivity contribution is 0.102. The van der Waals surface area contributed by atoms with E-state index in [1.165, 1.54) is 44.6 Å². The minimum absolute atomic E-state index is 0.0434. The van der Waals surface area contributed by atoms with Crippen molar-refractivity contribution in [2.24, 2.45) is 5.92 Å². The van der Waals surface area contributed by atoms with Crippen LogP contribution < -0.4 is 15.4 Å². The van der Waals surface area contributed by atoms with Gasteiger partial charge in [-0.25, -0.2) is 22.1 Å². The lowest BCUT2D eigenvalue weighted by Gasteiger charge is -2.47. The zero-order valence-corrected chi connectivity index (χ0v) is 22.2. The highest BCUT2D eigenvalue weighted by molar-refractivity contribution is 7.90. The van der Waals surface area contributed by atoms with Gasteiger partial charge >= 0.3 is 0 Å². The van der Waals surface area contributed by atoms with Gasteiger partial charge < -0.3 is 20.3 Å². The molecular weight excluding hydrogens is 499 g/mol. The molecule has 0 unspecified atom stereocenters. The summed E-state index contributed by atoms with van der Waals surface area (Å²) in [7, 11) is -1.19. The molecule has 1 saturated heterocycles. The first-order chi connectivity index (χ1) is 17.5. The van der Waals surface area contributed by atoms with Crippen molar-refractivity contribution in [2.45, 2.75) is 37.5 Å². The number of carbonyl (C=O) groups excluding carboxylic acids is 1. The standard InChI is InChI=1S/C25H33FN6O4S/c1-5-32(14-16-6-7-16)15-22-25(2,30-24(27)31(3)37(22,34)35)19-12-17(8-10-20(19)26)29-23(33)21-11-9-18(36-4)13-28-21/h8-13,16,22H,5-7,14-15H2,1-4H3,(H2,27,30)(H,29,33)/t22-,25+/m0/s1. The molecule has 2 heterocycles. The summed E-state index contributed by atoms with van der Waals surface area (Å²) in [5, 5.41) is 12.9. The highest BCUT2D eigenvalue weighted by atomic mass is 32.2. The van der Waals surface area contributed by atoms with E-state index in [-0.39, 0.29) is 29.4 Å². The van der Waals surface area contributed by atoms with Crippen LogP contribution in [0.2, 0.25) is 0 Å². The molecule has 1 aromatic heterocycles. The van der Waals surface area contributed by atoms with Crippen molar-refractivity contribution < 1.29 is 22.3 Å². The van der Waals surface area contributed by atoms with Gasteiger partial charge in [-0.15, -0.1) is 0 Å². The number of sulfonamides is 1. The lowest BCUT2D eigenvalue weighted by atomic mass is 9.86. The van der Waals surface area contributed by atoms with Gasteiger partial charge in [0.25, 0.3) is 5.91 Å². The van der Waals surface area contributed by atoms with Crippen LogP contribution in [0.4, 0.5) is 10.1 Å². The van der Waals surface area contributed by atoms with Crippen molar-refractivity contribution in [3.05, 3.63) is 53.6 Å². The predicted octanol–water partition coefficient (Wildman–Crippen LogP) is 2.60. The van der Waals surface area contributed by atoms with Gasteiger partial charge in [0.15, 0.2) is 0 Å². The minimum Gasteiger partial charge on any atom is -0.495 e. The van der Waals surface area contributed by atoms with Gasteiger partial charge in [-0.2, -0.15) is 0 Å². The number of anilines is 1. The third-order valence-electron chi connectivity index (χ3n) is 7.15. The van der Waals surface area contributed by atoms with Crippen LogP contribution in [-0.4, -0.2) is 73.5 Å². The summed E-state index contributed by atoms with van der Waals surface area (Å²) in [6.07, 6.45) is 3.65. The maximum atomic E-state index is 15.4. The quantitative estimate of drug-likeness (QED) is 0.453. The minimum atomic E-state index is -4.00. The molecule has 0 spiro atoms. The molecule has 1 aliphatic heterocycles. The van der Waals surface area contributed by atoms with Gasteiger partial charge in [0, 0.05) is 31.4 Å². The lowest BCUT2D eigenvalue weighted by Crippen LogP contribution is -2.68. The molecule has 2 fully saturated rings. The Kier molecular flexibility index (Phi) is 7.43. The molecule has 2 aliphatic rings. The topological polar surface area (TPSA) is 128 Å². The van der Waals surface area contributed by atoms with Crippen molar-refractivity contribution in [1.82, 2.24) is 19.5 Å². The highest BCUT2D eigenvalue weighted by Gasteiger charge is 2.53. The SMILES string of the molecule is CCN(CC1CC1)C[C@H]1[C@@](C)(c2cc(NC(=O)c3ccc(OC)cn3)ccc2F)NC(=N)N(C)S1(=O)=O. The van der Waals surface area contributed by atoms with E-state index in [1.807, 2.05) is 6.92 Å². The number of rotatable bonds is 9. The molecule has 0 radical (unpaired) electrons. The molecule has 2 atom stereocenters. The number of halogens is 1. The number of guanidine groups is 1. The second kappa shape index (κ2) is 10.3. The average Bonchev–Trinajstić information content (AvgIpc) is 3.70. The fourth-order valence-electron chi connectivity index (χ4n) is 4.60. The van der Waals surface area contributed by atoms with Gasteiger partial charge in [0.1, 0.15) is 22.5 Å². The van der Waals surface area contributed by atoms with Crippen LogP contribution in [0.5, 0.6) is 5.75 Å². The van der Waals surface area contributed by atoms with E-state index in [2.05, 4.69) is 20.5 Å². The first kappa shape index (κ1) is 26.8. The molecule has 2 aromatic rings. The van der Waals surface area contributed by atoms with Gasteiger partial charge in [-0.1, -0.05) is 6.92 Å². The number of amides is 1. The van der Waals surface area contributed by atoms with Crippen molar-refractivity contribution >= 4 is 27.6 Å². The van der Waals surface area contributed by atoms with Gasteiger partial charge in [-0.3, -0.25) is 10.2 Å². The maximum Gasteiger partial charge on any atom is 0.274 e. The van der Waals surface area contributed by atoms with Crippen molar-refractivity contribution in [1.29, 1.82) is 5.41 Å². The number of methoxy groups -OCH3 is 1. The Hall–Kier alpha value is -3.25.